The van der Waals surface area contributed by atoms with Crippen molar-refractivity contribution in [2.75, 3.05) is 13.7 Å². The second-order valence-electron chi connectivity index (χ2n) is 3.53. The summed E-state index contributed by atoms with van der Waals surface area (Å²) in [6, 6.07) is 0. The average molecular weight is 277 g/mol. The van der Waals surface area contributed by atoms with Crippen molar-refractivity contribution in [3.63, 3.8) is 0 Å². The van der Waals surface area contributed by atoms with E-state index >= 15 is 0 Å². The van der Waals surface area contributed by atoms with Gasteiger partial charge >= 0.3 is 5.97 Å². The van der Waals surface area contributed by atoms with Crippen LogP contribution >= 0.6 is 0 Å². The Labute approximate surface area is 105 Å². The summed E-state index contributed by atoms with van der Waals surface area (Å²) >= 11 is 0. The molecule has 0 aliphatic carbocycles. The van der Waals surface area contributed by atoms with Crippen LogP contribution in [0.1, 0.15) is 28.8 Å². The maximum absolute atomic E-state index is 12.2. The summed E-state index contributed by atoms with van der Waals surface area (Å²) in [6.07, 6.45) is 0. The summed E-state index contributed by atoms with van der Waals surface area (Å²) in [7, 11) is -2.85. The number of aromatic carboxylic acids is 1. The van der Waals surface area contributed by atoms with E-state index in [9.17, 15) is 13.2 Å². The first-order valence-corrected chi connectivity index (χ1v) is 6.61. The largest absolute Gasteiger partial charge is 0.478 e. The fourth-order valence-electron chi connectivity index (χ4n) is 1.72. The molecule has 0 bridgehead atoms. The van der Waals surface area contributed by atoms with Gasteiger partial charge in [0.05, 0.1) is 7.11 Å². The van der Waals surface area contributed by atoms with Crippen LogP contribution in [0.15, 0.2) is 9.31 Å². The maximum Gasteiger partial charge on any atom is 0.340 e. The lowest BCUT2D eigenvalue weighted by atomic mass is 10.2. The van der Waals surface area contributed by atoms with E-state index in [1.165, 1.54) is 21.0 Å². The molecule has 1 aromatic heterocycles. The quantitative estimate of drug-likeness (QED) is 0.811. The average Bonchev–Trinajstić information content (AvgIpc) is 2.55. The zero-order chi connectivity index (χ0) is 14.1. The third kappa shape index (κ3) is 2.26. The van der Waals surface area contributed by atoms with Gasteiger partial charge in [0.25, 0.3) is 10.0 Å². The van der Waals surface area contributed by atoms with E-state index in [1.807, 2.05) is 0 Å². The summed E-state index contributed by atoms with van der Waals surface area (Å²) in [6.45, 7) is 4.43. The molecule has 0 radical (unpaired) electrons. The molecule has 8 heteroatoms. The molecule has 0 atom stereocenters. The van der Waals surface area contributed by atoms with Crippen molar-refractivity contribution in [2.45, 2.75) is 25.7 Å². The van der Waals surface area contributed by atoms with Gasteiger partial charge in [0.1, 0.15) is 22.0 Å². The number of aryl methyl sites for hydroxylation is 2. The molecule has 0 fully saturated rings. The van der Waals surface area contributed by atoms with Crippen molar-refractivity contribution < 1.29 is 27.6 Å². The van der Waals surface area contributed by atoms with Gasteiger partial charge in [-0.3, -0.25) is 4.84 Å². The van der Waals surface area contributed by atoms with E-state index in [2.05, 4.69) is 0 Å². The van der Waals surface area contributed by atoms with Gasteiger partial charge in [-0.1, -0.05) is 4.47 Å². The SMILES string of the molecule is CCN(OC)S(=O)(=O)c1c(C)oc(C)c1C(=O)O. The van der Waals surface area contributed by atoms with Crippen LogP contribution < -0.4 is 0 Å². The normalized spacial score (nSPS) is 12.1. The molecule has 102 valence electrons. The third-order valence-corrected chi connectivity index (χ3v) is 4.36. The number of carbonyl (C=O) groups is 1. The highest BCUT2D eigenvalue weighted by atomic mass is 32.2. The standard InChI is InChI=1S/C10H15NO6S/c1-5-11(16-4)18(14,15)9-7(3)17-6(2)8(9)10(12)13/h5H2,1-4H3,(H,12,13). The van der Waals surface area contributed by atoms with E-state index in [4.69, 9.17) is 14.4 Å². The monoisotopic (exact) mass is 277 g/mol. The van der Waals surface area contributed by atoms with E-state index in [-0.39, 0.29) is 28.5 Å². The van der Waals surface area contributed by atoms with E-state index in [0.717, 1.165) is 0 Å². The lowest BCUT2D eigenvalue weighted by Crippen LogP contribution is -2.31. The molecule has 1 N–H and O–H groups in total. The molecule has 0 saturated carbocycles. The van der Waals surface area contributed by atoms with Crippen LogP contribution in [0, 0.1) is 13.8 Å². The van der Waals surface area contributed by atoms with Crippen molar-refractivity contribution in [2.24, 2.45) is 0 Å². The van der Waals surface area contributed by atoms with Gasteiger partial charge in [-0.15, -0.1) is 0 Å². The first kappa shape index (κ1) is 14.7. The fraction of sp³-hybridized carbons (Fsp3) is 0.500. The van der Waals surface area contributed by atoms with Crippen LogP contribution in [0.3, 0.4) is 0 Å². The lowest BCUT2D eigenvalue weighted by Gasteiger charge is -2.17. The zero-order valence-electron chi connectivity index (χ0n) is 10.6. The predicted octanol–water partition coefficient (Wildman–Crippen LogP) is 1.17. The van der Waals surface area contributed by atoms with Gasteiger partial charge in [0, 0.05) is 6.54 Å². The molecule has 0 unspecified atom stereocenters. The number of furan rings is 1. The van der Waals surface area contributed by atoms with Gasteiger partial charge < -0.3 is 9.52 Å². The highest BCUT2D eigenvalue weighted by Crippen LogP contribution is 2.29. The zero-order valence-corrected chi connectivity index (χ0v) is 11.4. The molecule has 0 amide bonds. The van der Waals surface area contributed by atoms with Crippen LogP contribution in [0.4, 0.5) is 0 Å². The topological polar surface area (TPSA) is 97.0 Å². The van der Waals surface area contributed by atoms with E-state index in [0.29, 0.717) is 4.47 Å². The Bertz CT molecular complexity index is 555. The Balaban J connectivity index is 3.55. The molecule has 7 nitrogen and oxygen atoms in total. The number of nitrogens with zero attached hydrogens (tertiary/aromatic N) is 1. The summed E-state index contributed by atoms with van der Waals surface area (Å²) in [4.78, 5) is 15.5. The number of carboxylic acid groups (broad SMARTS) is 1. The maximum atomic E-state index is 12.2. The predicted molar refractivity (Wildman–Crippen MR) is 61.7 cm³/mol. The minimum Gasteiger partial charge on any atom is -0.478 e. The van der Waals surface area contributed by atoms with Gasteiger partial charge in [-0.25, -0.2) is 13.2 Å². The highest BCUT2D eigenvalue weighted by Gasteiger charge is 2.34. The summed E-state index contributed by atoms with van der Waals surface area (Å²) in [5.41, 5.74) is -0.358. The molecule has 0 aliphatic rings. The van der Waals surface area contributed by atoms with Crippen LogP contribution in [-0.2, 0) is 14.9 Å². The second-order valence-corrected chi connectivity index (χ2v) is 5.30. The molecule has 0 saturated heterocycles. The highest BCUT2D eigenvalue weighted by molar-refractivity contribution is 7.89. The number of rotatable bonds is 5. The van der Waals surface area contributed by atoms with Gasteiger partial charge in [-0.05, 0) is 20.8 Å². The van der Waals surface area contributed by atoms with Gasteiger partial charge in [0.2, 0.25) is 0 Å². The minimum atomic E-state index is -4.05. The second kappa shape index (κ2) is 5.09. The Morgan fingerprint density at radius 3 is 2.33 bits per heavy atom. The minimum absolute atomic E-state index is 0.0281. The Morgan fingerprint density at radius 1 is 1.39 bits per heavy atom. The third-order valence-electron chi connectivity index (χ3n) is 2.41. The number of sulfonamides is 1. The molecule has 0 aliphatic heterocycles. The van der Waals surface area contributed by atoms with Gasteiger partial charge in [0.15, 0.2) is 0 Å². The molecular weight excluding hydrogens is 262 g/mol. The van der Waals surface area contributed by atoms with Crippen molar-refractivity contribution in [3.8, 4) is 0 Å². The van der Waals surface area contributed by atoms with E-state index in [1.54, 1.807) is 6.92 Å². The van der Waals surface area contributed by atoms with Crippen LogP contribution in [0.2, 0.25) is 0 Å². The molecule has 0 aromatic carbocycles. The molecule has 1 heterocycles. The lowest BCUT2D eigenvalue weighted by molar-refractivity contribution is -0.0444. The first-order valence-electron chi connectivity index (χ1n) is 5.17. The smallest absolute Gasteiger partial charge is 0.340 e. The molecular formula is C10H15NO6S. The van der Waals surface area contributed by atoms with Crippen molar-refractivity contribution in [3.05, 3.63) is 17.1 Å². The molecule has 0 spiro atoms. The van der Waals surface area contributed by atoms with Crippen LogP contribution in [0.25, 0.3) is 0 Å². The number of hydroxylamine groups is 1. The van der Waals surface area contributed by atoms with Gasteiger partial charge in [-0.2, -0.15) is 0 Å². The Morgan fingerprint density at radius 2 is 1.94 bits per heavy atom. The fourth-order valence-corrected chi connectivity index (χ4v) is 3.35. The number of carboxylic acids is 1. The molecule has 1 rings (SSSR count). The van der Waals surface area contributed by atoms with Crippen molar-refractivity contribution in [1.82, 2.24) is 4.47 Å². The Hall–Kier alpha value is -1.38. The van der Waals surface area contributed by atoms with E-state index < -0.39 is 16.0 Å². The van der Waals surface area contributed by atoms with Crippen LogP contribution in [-0.4, -0.2) is 37.6 Å². The number of hydrogen-bond acceptors (Lipinski definition) is 5. The summed E-state index contributed by atoms with van der Waals surface area (Å²) in [5, 5.41) is 9.07. The summed E-state index contributed by atoms with van der Waals surface area (Å²) in [5.74, 6) is -1.28. The van der Waals surface area contributed by atoms with Crippen molar-refractivity contribution >= 4 is 16.0 Å². The molecule has 18 heavy (non-hydrogen) atoms. The van der Waals surface area contributed by atoms with Crippen LogP contribution in [0.5, 0.6) is 0 Å². The summed E-state index contributed by atoms with van der Waals surface area (Å²) < 4.78 is 30.3. The Kier molecular flexibility index (Phi) is 4.15. The number of hydrogen-bond donors (Lipinski definition) is 1. The first-order chi connectivity index (χ1) is 8.27. The molecule has 1 aromatic rings. The van der Waals surface area contributed by atoms with Crippen molar-refractivity contribution in [1.29, 1.82) is 0 Å².